The summed E-state index contributed by atoms with van der Waals surface area (Å²) < 4.78 is 0. The molecule has 0 spiro atoms. The van der Waals surface area contributed by atoms with E-state index in [1.165, 1.54) is 37.0 Å². The van der Waals surface area contributed by atoms with Gasteiger partial charge in [0.2, 0.25) is 0 Å². The Bertz CT molecular complexity index is 279. The van der Waals surface area contributed by atoms with Crippen LogP contribution in [0.25, 0.3) is 0 Å². The summed E-state index contributed by atoms with van der Waals surface area (Å²) in [6, 6.07) is -0.0169. The van der Waals surface area contributed by atoms with Crippen LogP contribution in [-0.2, 0) is 0 Å². The number of carboxylic acid groups (broad SMARTS) is 1. The van der Waals surface area contributed by atoms with Gasteiger partial charge in [-0.2, -0.15) is 0 Å². The first-order valence-electron chi connectivity index (χ1n) is 7.03. The highest BCUT2D eigenvalue weighted by atomic mass is 16.4. The van der Waals surface area contributed by atoms with Crippen LogP contribution in [0.2, 0.25) is 0 Å². The second-order valence-corrected chi connectivity index (χ2v) is 5.56. The molecule has 104 valence electrons. The number of amides is 1. The zero-order chi connectivity index (χ0) is 13.0. The molecule has 5 heteroatoms. The highest BCUT2D eigenvalue weighted by molar-refractivity contribution is 5.65. The highest BCUT2D eigenvalue weighted by Crippen LogP contribution is 2.25. The van der Waals surface area contributed by atoms with Crippen LogP contribution in [0.4, 0.5) is 4.79 Å². The van der Waals surface area contributed by atoms with Crippen molar-refractivity contribution in [2.75, 3.05) is 32.8 Å². The number of nitrogens with zero attached hydrogens (tertiary/aromatic N) is 2. The van der Waals surface area contributed by atoms with Crippen LogP contribution in [0, 0.1) is 5.92 Å². The molecule has 0 aromatic heterocycles. The van der Waals surface area contributed by atoms with E-state index in [1.807, 2.05) is 0 Å². The van der Waals surface area contributed by atoms with Crippen LogP contribution in [0.15, 0.2) is 0 Å². The third-order valence-electron chi connectivity index (χ3n) is 4.30. The Labute approximate surface area is 108 Å². The van der Waals surface area contributed by atoms with Crippen LogP contribution in [0.1, 0.15) is 32.1 Å². The van der Waals surface area contributed by atoms with Crippen LogP contribution < -0.4 is 0 Å². The summed E-state index contributed by atoms with van der Waals surface area (Å²) in [5.41, 5.74) is 0. The maximum atomic E-state index is 10.9. The van der Waals surface area contributed by atoms with E-state index in [2.05, 4.69) is 4.90 Å². The Balaban J connectivity index is 1.86. The molecule has 0 aromatic rings. The number of hydrogen-bond acceptors (Lipinski definition) is 3. The first kappa shape index (κ1) is 13.6. The minimum absolute atomic E-state index is 0.0169. The van der Waals surface area contributed by atoms with Gasteiger partial charge in [0.1, 0.15) is 0 Å². The van der Waals surface area contributed by atoms with Gasteiger partial charge in [0.05, 0.1) is 12.6 Å². The van der Waals surface area contributed by atoms with Crippen molar-refractivity contribution in [1.29, 1.82) is 0 Å². The predicted molar refractivity (Wildman–Crippen MR) is 68.6 cm³/mol. The zero-order valence-electron chi connectivity index (χ0n) is 10.9. The van der Waals surface area contributed by atoms with Crippen molar-refractivity contribution >= 4 is 6.09 Å². The predicted octanol–water partition coefficient (Wildman–Crippen LogP) is 1.22. The van der Waals surface area contributed by atoms with Crippen molar-refractivity contribution in [2.24, 2.45) is 5.92 Å². The Morgan fingerprint density at radius 2 is 1.89 bits per heavy atom. The quantitative estimate of drug-likeness (QED) is 0.797. The molecule has 5 nitrogen and oxygen atoms in total. The summed E-state index contributed by atoms with van der Waals surface area (Å²) in [5, 5.41) is 18.4. The van der Waals surface area contributed by atoms with Crippen LogP contribution in [0.3, 0.4) is 0 Å². The summed E-state index contributed by atoms with van der Waals surface area (Å²) in [5.74, 6) is 0.740. The molecule has 1 aliphatic heterocycles. The van der Waals surface area contributed by atoms with Crippen LogP contribution in [0.5, 0.6) is 0 Å². The molecule has 0 bridgehead atoms. The van der Waals surface area contributed by atoms with Crippen LogP contribution >= 0.6 is 0 Å². The van der Waals surface area contributed by atoms with E-state index < -0.39 is 6.09 Å². The number of hydrogen-bond donors (Lipinski definition) is 2. The molecule has 1 saturated heterocycles. The van der Waals surface area contributed by atoms with Crippen LogP contribution in [-0.4, -0.2) is 64.9 Å². The second-order valence-electron chi connectivity index (χ2n) is 5.56. The maximum absolute atomic E-state index is 10.9. The fraction of sp³-hybridized carbons (Fsp3) is 0.923. The van der Waals surface area contributed by atoms with Crippen molar-refractivity contribution in [3.8, 4) is 0 Å². The van der Waals surface area contributed by atoms with Gasteiger partial charge in [-0.05, 0) is 18.8 Å². The topological polar surface area (TPSA) is 64.0 Å². The number of rotatable bonds is 3. The lowest BCUT2D eigenvalue weighted by molar-refractivity contribution is 0.0290. The van der Waals surface area contributed by atoms with Gasteiger partial charge in [-0.3, -0.25) is 4.90 Å². The molecule has 0 radical (unpaired) electrons. The van der Waals surface area contributed by atoms with E-state index in [0.717, 1.165) is 19.0 Å². The molecule has 18 heavy (non-hydrogen) atoms. The molecule has 1 atom stereocenters. The summed E-state index contributed by atoms with van der Waals surface area (Å²) in [7, 11) is 0. The SMILES string of the molecule is O=C(O)N1CCN(CC2CCCCC2)C(CO)C1. The Morgan fingerprint density at radius 3 is 2.50 bits per heavy atom. The van der Waals surface area contributed by atoms with Gasteiger partial charge < -0.3 is 15.1 Å². The Hall–Kier alpha value is -0.810. The van der Waals surface area contributed by atoms with Gasteiger partial charge in [-0.15, -0.1) is 0 Å². The normalized spacial score (nSPS) is 27.4. The number of aliphatic hydroxyl groups is 1. The first-order valence-corrected chi connectivity index (χ1v) is 7.03. The summed E-state index contributed by atoms with van der Waals surface area (Å²) >= 11 is 0. The van der Waals surface area contributed by atoms with E-state index in [9.17, 15) is 9.90 Å². The molecule has 1 saturated carbocycles. The van der Waals surface area contributed by atoms with Gasteiger partial charge in [0.15, 0.2) is 0 Å². The van der Waals surface area contributed by atoms with Gasteiger partial charge in [-0.25, -0.2) is 4.79 Å². The number of aliphatic hydroxyl groups excluding tert-OH is 1. The second kappa shape index (κ2) is 6.38. The fourth-order valence-electron chi connectivity index (χ4n) is 3.18. The highest BCUT2D eigenvalue weighted by Gasteiger charge is 2.30. The average Bonchev–Trinajstić information content (AvgIpc) is 2.40. The Kier molecular flexibility index (Phi) is 4.83. The molecular weight excluding hydrogens is 232 g/mol. The van der Waals surface area contributed by atoms with E-state index in [1.54, 1.807) is 0 Å². The summed E-state index contributed by atoms with van der Waals surface area (Å²) in [4.78, 5) is 14.6. The molecule has 2 aliphatic rings. The lowest BCUT2D eigenvalue weighted by atomic mass is 9.88. The number of carbonyl (C=O) groups is 1. The standard InChI is InChI=1S/C13H24N2O3/c16-10-12-9-15(13(17)18)7-6-14(12)8-11-4-2-1-3-5-11/h11-12,16H,1-10H2,(H,17,18). The third-order valence-corrected chi connectivity index (χ3v) is 4.30. The number of piperazine rings is 1. The minimum atomic E-state index is -0.870. The van der Waals surface area contributed by atoms with Gasteiger partial charge in [-0.1, -0.05) is 19.3 Å². The third kappa shape index (κ3) is 3.36. The summed E-state index contributed by atoms with van der Waals surface area (Å²) in [6.07, 6.45) is 5.71. The molecule has 2 fully saturated rings. The molecule has 1 amide bonds. The molecule has 2 N–H and O–H groups in total. The van der Waals surface area contributed by atoms with E-state index in [0.29, 0.717) is 13.1 Å². The smallest absolute Gasteiger partial charge is 0.407 e. The Morgan fingerprint density at radius 1 is 1.17 bits per heavy atom. The van der Waals surface area contributed by atoms with Crippen molar-refractivity contribution in [3.05, 3.63) is 0 Å². The lowest BCUT2D eigenvalue weighted by Gasteiger charge is -2.41. The van der Waals surface area contributed by atoms with E-state index in [4.69, 9.17) is 5.11 Å². The molecule has 1 aliphatic carbocycles. The van der Waals surface area contributed by atoms with Crippen molar-refractivity contribution in [2.45, 2.75) is 38.1 Å². The zero-order valence-corrected chi connectivity index (χ0v) is 10.9. The van der Waals surface area contributed by atoms with Gasteiger partial charge >= 0.3 is 6.09 Å². The van der Waals surface area contributed by atoms with Gasteiger partial charge in [0, 0.05) is 26.2 Å². The van der Waals surface area contributed by atoms with Crippen molar-refractivity contribution in [3.63, 3.8) is 0 Å². The first-order chi connectivity index (χ1) is 8.70. The molecule has 1 heterocycles. The largest absolute Gasteiger partial charge is 0.465 e. The summed E-state index contributed by atoms with van der Waals surface area (Å²) in [6.45, 7) is 2.85. The lowest BCUT2D eigenvalue weighted by Crippen LogP contribution is -2.56. The fourth-order valence-corrected chi connectivity index (χ4v) is 3.18. The molecular formula is C13H24N2O3. The maximum Gasteiger partial charge on any atom is 0.407 e. The van der Waals surface area contributed by atoms with Gasteiger partial charge in [0.25, 0.3) is 0 Å². The van der Waals surface area contributed by atoms with E-state index in [-0.39, 0.29) is 12.6 Å². The van der Waals surface area contributed by atoms with E-state index >= 15 is 0 Å². The molecule has 1 unspecified atom stereocenters. The van der Waals surface area contributed by atoms with Crippen molar-refractivity contribution in [1.82, 2.24) is 9.80 Å². The minimum Gasteiger partial charge on any atom is -0.465 e. The monoisotopic (exact) mass is 256 g/mol. The average molecular weight is 256 g/mol. The van der Waals surface area contributed by atoms with Crippen molar-refractivity contribution < 1.29 is 15.0 Å². The molecule has 2 rings (SSSR count). The molecule has 0 aromatic carbocycles.